The molecular weight excluding hydrogens is 340 g/mol. The summed E-state index contributed by atoms with van der Waals surface area (Å²) in [6, 6.07) is 14.0. The number of ether oxygens (including phenoxy) is 1. The number of hydrogen-bond acceptors (Lipinski definition) is 5. The number of aromatic nitrogens is 1. The van der Waals surface area contributed by atoms with Crippen LogP contribution < -0.4 is 10.6 Å². The van der Waals surface area contributed by atoms with Crippen LogP contribution in [-0.4, -0.2) is 61.7 Å². The van der Waals surface area contributed by atoms with Crippen LogP contribution in [0, 0.1) is 0 Å². The molecular formula is C21H28N4O2. The van der Waals surface area contributed by atoms with Crippen molar-refractivity contribution in [1.82, 2.24) is 15.2 Å². The lowest BCUT2D eigenvalue weighted by molar-refractivity contribution is 0.0398. The number of amides is 1. The number of nitrogens with zero attached hydrogens (tertiary/aromatic N) is 2. The van der Waals surface area contributed by atoms with E-state index in [4.69, 9.17) is 4.74 Å². The fourth-order valence-corrected chi connectivity index (χ4v) is 3.04. The van der Waals surface area contributed by atoms with Crippen LogP contribution in [-0.2, 0) is 11.2 Å². The van der Waals surface area contributed by atoms with Crippen molar-refractivity contribution in [2.75, 3.05) is 51.3 Å². The van der Waals surface area contributed by atoms with Crippen LogP contribution in [0.4, 0.5) is 5.82 Å². The van der Waals surface area contributed by atoms with Gasteiger partial charge in [0.1, 0.15) is 5.82 Å². The van der Waals surface area contributed by atoms with E-state index in [0.717, 1.165) is 58.1 Å². The molecule has 1 aliphatic heterocycles. The van der Waals surface area contributed by atoms with E-state index in [0.29, 0.717) is 12.1 Å². The standard InChI is InChI=1S/C21H28N4O2/c26-21(23-10-4-7-18-5-2-1-3-6-18)19-8-9-20(24-17-19)22-11-12-25-13-15-27-16-14-25/h1-3,5-6,8-9,17H,4,7,10-16H2,(H,22,24)(H,23,26). The second-order valence-corrected chi connectivity index (χ2v) is 6.66. The molecule has 0 radical (unpaired) electrons. The van der Waals surface area contributed by atoms with E-state index in [2.05, 4.69) is 32.7 Å². The summed E-state index contributed by atoms with van der Waals surface area (Å²) in [6.07, 6.45) is 3.51. The Balaban J connectivity index is 1.34. The Morgan fingerprint density at radius 2 is 1.89 bits per heavy atom. The lowest BCUT2D eigenvalue weighted by Gasteiger charge is -2.26. The van der Waals surface area contributed by atoms with Crippen molar-refractivity contribution in [3.63, 3.8) is 0 Å². The predicted octanol–water partition coefficient (Wildman–Crippen LogP) is 2.19. The molecule has 1 saturated heterocycles. The van der Waals surface area contributed by atoms with E-state index < -0.39 is 0 Å². The minimum atomic E-state index is -0.0737. The first-order valence-electron chi connectivity index (χ1n) is 9.63. The highest BCUT2D eigenvalue weighted by atomic mass is 16.5. The number of hydrogen-bond donors (Lipinski definition) is 2. The van der Waals surface area contributed by atoms with E-state index >= 15 is 0 Å². The highest BCUT2D eigenvalue weighted by Gasteiger charge is 2.09. The van der Waals surface area contributed by atoms with E-state index in [9.17, 15) is 4.79 Å². The average molecular weight is 368 g/mol. The molecule has 27 heavy (non-hydrogen) atoms. The molecule has 2 heterocycles. The van der Waals surface area contributed by atoms with Crippen molar-refractivity contribution in [1.29, 1.82) is 0 Å². The van der Waals surface area contributed by atoms with Gasteiger partial charge in [0.05, 0.1) is 18.8 Å². The molecule has 1 amide bonds. The number of rotatable bonds is 9. The molecule has 3 rings (SSSR count). The Morgan fingerprint density at radius 3 is 2.63 bits per heavy atom. The van der Waals surface area contributed by atoms with Gasteiger partial charge in [-0.2, -0.15) is 0 Å². The van der Waals surface area contributed by atoms with Gasteiger partial charge < -0.3 is 15.4 Å². The maximum Gasteiger partial charge on any atom is 0.252 e. The Hall–Kier alpha value is -2.44. The minimum absolute atomic E-state index is 0.0737. The zero-order chi connectivity index (χ0) is 18.7. The van der Waals surface area contributed by atoms with Crippen LogP contribution in [0.1, 0.15) is 22.3 Å². The number of carbonyl (C=O) groups is 1. The Bertz CT molecular complexity index is 685. The molecule has 0 aliphatic carbocycles. The normalized spacial score (nSPS) is 14.7. The molecule has 2 aromatic rings. The Morgan fingerprint density at radius 1 is 1.07 bits per heavy atom. The van der Waals surface area contributed by atoms with Gasteiger partial charge in [0.2, 0.25) is 0 Å². The van der Waals surface area contributed by atoms with Crippen molar-refractivity contribution in [2.24, 2.45) is 0 Å². The van der Waals surface area contributed by atoms with Crippen molar-refractivity contribution >= 4 is 11.7 Å². The van der Waals surface area contributed by atoms with Gasteiger partial charge in [-0.1, -0.05) is 30.3 Å². The first-order chi connectivity index (χ1) is 13.3. The van der Waals surface area contributed by atoms with Crippen molar-refractivity contribution < 1.29 is 9.53 Å². The lowest BCUT2D eigenvalue weighted by Crippen LogP contribution is -2.39. The van der Waals surface area contributed by atoms with Gasteiger partial charge in [-0.3, -0.25) is 9.69 Å². The summed E-state index contributed by atoms with van der Waals surface area (Å²) >= 11 is 0. The second kappa shape index (κ2) is 10.6. The van der Waals surface area contributed by atoms with E-state index in [1.165, 1.54) is 5.56 Å². The van der Waals surface area contributed by atoms with Crippen LogP contribution in [0.2, 0.25) is 0 Å². The molecule has 1 aromatic carbocycles. The molecule has 1 aliphatic rings. The van der Waals surface area contributed by atoms with Gasteiger partial charge in [-0.25, -0.2) is 4.98 Å². The molecule has 6 heteroatoms. The lowest BCUT2D eigenvalue weighted by atomic mass is 10.1. The summed E-state index contributed by atoms with van der Waals surface area (Å²) in [7, 11) is 0. The topological polar surface area (TPSA) is 66.5 Å². The first-order valence-corrected chi connectivity index (χ1v) is 9.63. The third kappa shape index (κ3) is 6.66. The summed E-state index contributed by atoms with van der Waals surface area (Å²) < 4.78 is 5.35. The van der Waals surface area contributed by atoms with Gasteiger partial charge >= 0.3 is 0 Å². The van der Waals surface area contributed by atoms with E-state index in [-0.39, 0.29) is 5.91 Å². The molecule has 0 atom stereocenters. The fraction of sp³-hybridized carbons (Fsp3) is 0.429. The average Bonchev–Trinajstić information content (AvgIpc) is 2.73. The highest BCUT2D eigenvalue weighted by molar-refractivity contribution is 5.94. The van der Waals surface area contributed by atoms with Gasteiger partial charge in [0.25, 0.3) is 5.91 Å². The summed E-state index contributed by atoms with van der Waals surface area (Å²) in [5.41, 5.74) is 1.88. The molecule has 0 saturated carbocycles. The van der Waals surface area contributed by atoms with E-state index in [1.54, 1.807) is 6.20 Å². The highest BCUT2D eigenvalue weighted by Crippen LogP contribution is 2.06. The maximum atomic E-state index is 12.2. The Kier molecular flexibility index (Phi) is 7.62. The van der Waals surface area contributed by atoms with Crippen LogP contribution in [0.25, 0.3) is 0 Å². The first kappa shape index (κ1) is 19.3. The van der Waals surface area contributed by atoms with Crippen molar-refractivity contribution in [3.05, 3.63) is 59.8 Å². The van der Waals surface area contributed by atoms with Gasteiger partial charge in [0, 0.05) is 38.9 Å². The number of carbonyl (C=O) groups excluding carboxylic acids is 1. The number of aryl methyl sites for hydroxylation is 1. The number of benzene rings is 1. The van der Waals surface area contributed by atoms with Crippen molar-refractivity contribution in [2.45, 2.75) is 12.8 Å². The SMILES string of the molecule is O=C(NCCCc1ccccc1)c1ccc(NCCN2CCOCC2)nc1. The number of nitrogens with one attached hydrogen (secondary N) is 2. The van der Waals surface area contributed by atoms with Gasteiger partial charge in [-0.15, -0.1) is 0 Å². The molecule has 6 nitrogen and oxygen atoms in total. The van der Waals surface area contributed by atoms with Gasteiger partial charge in [0.15, 0.2) is 0 Å². The quantitative estimate of drug-likeness (QED) is 0.664. The third-order valence-electron chi connectivity index (χ3n) is 4.63. The zero-order valence-corrected chi connectivity index (χ0v) is 15.7. The minimum Gasteiger partial charge on any atom is -0.379 e. The number of pyridine rings is 1. The molecule has 0 bridgehead atoms. The summed E-state index contributed by atoms with van der Waals surface area (Å²) in [5, 5.41) is 6.26. The monoisotopic (exact) mass is 368 g/mol. The van der Waals surface area contributed by atoms with Crippen molar-refractivity contribution in [3.8, 4) is 0 Å². The van der Waals surface area contributed by atoms with Crippen LogP contribution in [0.3, 0.4) is 0 Å². The van der Waals surface area contributed by atoms with E-state index in [1.807, 2.05) is 30.3 Å². The number of morpholine rings is 1. The van der Waals surface area contributed by atoms with Gasteiger partial charge in [-0.05, 0) is 30.5 Å². The maximum absolute atomic E-state index is 12.2. The zero-order valence-electron chi connectivity index (χ0n) is 15.7. The molecule has 144 valence electrons. The molecule has 0 spiro atoms. The number of anilines is 1. The smallest absolute Gasteiger partial charge is 0.252 e. The fourth-order valence-electron chi connectivity index (χ4n) is 3.04. The molecule has 1 aromatic heterocycles. The molecule has 0 unspecified atom stereocenters. The summed E-state index contributed by atoms with van der Waals surface area (Å²) in [6.45, 7) is 6.05. The van der Waals surface area contributed by atoms with Crippen LogP contribution >= 0.6 is 0 Å². The Labute approximate surface area is 160 Å². The molecule has 2 N–H and O–H groups in total. The molecule has 1 fully saturated rings. The predicted molar refractivity (Wildman–Crippen MR) is 107 cm³/mol. The second-order valence-electron chi connectivity index (χ2n) is 6.66. The van der Waals surface area contributed by atoms with Crippen LogP contribution in [0.5, 0.6) is 0 Å². The summed E-state index contributed by atoms with van der Waals surface area (Å²) in [5.74, 6) is 0.722. The largest absolute Gasteiger partial charge is 0.379 e. The summed E-state index contributed by atoms with van der Waals surface area (Å²) in [4.78, 5) is 18.9. The van der Waals surface area contributed by atoms with Crippen LogP contribution in [0.15, 0.2) is 48.7 Å². The third-order valence-corrected chi connectivity index (χ3v) is 4.63.